The fourth-order valence-corrected chi connectivity index (χ4v) is 4.52. The number of hydrogen-bond donors (Lipinski definition) is 1. The molecule has 0 bridgehead atoms. The predicted molar refractivity (Wildman–Crippen MR) is 76.2 cm³/mol. The Morgan fingerprint density at radius 3 is 2.81 bits per heavy atom. The Hall–Kier alpha value is -1.49. The first-order valence-electron chi connectivity index (χ1n) is 6.82. The van der Waals surface area contributed by atoms with E-state index in [1.54, 1.807) is 6.07 Å². The molecule has 7 heteroatoms. The van der Waals surface area contributed by atoms with Gasteiger partial charge in [0.05, 0.1) is 0 Å². The van der Waals surface area contributed by atoms with Crippen LogP contribution in [-0.2, 0) is 10.0 Å². The SMILES string of the molecule is CC1CCC(CN)CN1S(=O)(=O)c1cccc(F)c1C#N. The van der Waals surface area contributed by atoms with E-state index in [0.29, 0.717) is 19.5 Å². The van der Waals surface area contributed by atoms with Crippen LogP contribution in [0.25, 0.3) is 0 Å². The Kier molecular flexibility index (Phi) is 4.61. The van der Waals surface area contributed by atoms with Crippen LogP contribution in [0.5, 0.6) is 0 Å². The topological polar surface area (TPSA) is 87.2 Å². The van der Waals surface area contributed by atoms with Crippen LogP contribution in [0.2, 0.25) is 0 Å². The van der Waals surface area contributed by atoms with Crippen molar-refractivity contribution in [1.29, 1.82) is 5.26 Å². The van der Waals surface area contributed by atoms with E-state index in [1.165, 1.54) is 16.4 Å². The molecule has 1 aromatic carbocycles. The van der Waals surface area contributed by atoms with E-state index >= 15 is 0 Å². The smallest absolute Gasteiger partial charge is 0.244 e. The van der Waals surface area contributed by atoms with Crippen molar-refractivity contribution < 1.29 is 12.8 Å². The van der Waals surface area contributed by atoms with Gasteiger partial charge in [-0.05, 0) is 44.4 Å². The third-order valence-corrected chi connectivity index (χ3v) is 5.95. The predicted octanol–water partition coefficient (Wildman–Crippen LogP) is 1.45. The highest BCUT2D eigenvalue weighted by Crippen LogP contribution is 2.29. The molecule has 0 spiro atoms. The number of nitrogens with two attached hydrogens (primary N) is 1. The van der Waals surface area contributed by atoms with Crippen LogP contribution in [0.4, 0.5) is 4.39 Å². The van der Waals surface area contributed by atoms with E-state index in [-0.39, 0.29) is 16.9 Å². The highest BCUT2D eigenvalue weighted by molar-refractivity contribution is 7.89. The highest BCUT2D eigenvalue weighted by Gasteiger charge is 2.36. The Morgan fingerprint density at radius 1 is 1.48 bits per heavy atom. The van der Waals surface area contributed by atoms with Crippen molar-refractivity contribution in [3.8, 4) is 6.07 Å². The number of benzene rings is 1. The molecule has 1 saturated heterocycles. The summed E-state index contributed by atoms with van der Waals surface area (Å²) in [4.78, 5) is -0.269. The molecule has 1 heterocycles. The van der Waals surface area contributed by atoms with Gasteiger partial charge in [0.2, 0.25) is 10.0 Å². The monoisotopic (exact) mass is 311 g/mol. The second kappa shape index (κ2) is 6.10. The standard InChI is InChI=1S/C14H18FN3O2S/c1-10-5-6-11(7-16)9-18(10)21(19,20)14-4-2-3-13(15)12(14)8-17/h2-4,10-11H,5-7,9,16H2,1H3. The van der Waals surface area contributed by atoms with Gasteiger partial charge in [-0.1, -0.05) is 6.07 Å². The second-order valence-corrected chi connectivity index (χ2v) is 7.19. The van der Waals surface area contributed by atoms with Crippen LogP contribution in [-0.4, -0.2) is 31.9 Å². The molecule has 0 aromatic heterocycles. The maximum absolute atomic E-state index is 13.7. The Bertz CT molecular complexity index is 669. The lowest BCUT2D eigenvalue weighted by Gasteiger charge is -2.36. The van der Waals surface area contributed by atoms with Gasteiger partial charge in [-0.2, -0.15) is 9.57 Å². The van der Waals surface area contributed by atoms with Crippen LogP contribution in [0, 0.1) is 23.1 Å². The summed E-state index contributed by atoms with van der Waals surface area (Å²) in [6, 6.07) is 5.12. The molecule has 21 heavy (non-hydrogen) atoms. The van der Waals surface area contributed by atoms with Crippen molar-refractivity contribution >= 4 is 10.0 Å². The second-order valence-electron chi connectivity index (χ2n) is 5.33. The highest BCUT2D eigenvalue weighted by atomic mass is 32.2. The first-order valence-corrected chi connectivity index (χ1v) is 8.26. The lowest BCUT2D eigenvalue weighted by atomic mass is 9.96. The lowest BCUT2D eigenvalue weighted by Crippen LogP contribution is -2.47. The summed E-state index contributed by atoms with van der Waals surface area (Å²) in [7, 11) is -3.90. The van der Waals surface area contributed by atoms with Crippen LogP contribution in [0.15, 0.2) is 23.1 Å². The first-order chi connectivity index (χ1) is 9.91. The van der Waals surface area contributed by atoms with Gasteiger partial charge < -0.3 is 5.73 Å². The number of piperidine rings is 1. The van der Waals surface area contributed by atoms with E-state index in [9.17, 15) is 12.8 Å². The molecule has 1 fully saturated rings. The average molecular weight is 311 g/mol. The summed E-state index contributed by atoms with van der Waals surface area (Å²) in [5.41, 5.74) is 5.21. The van der Waals surface area contributed by atoms with Gasteiger partial charge in [-0.25, -0.2) is 12.8 Å². The third-order valence-electron chi connectivity index (χ3n) is 3.93. The average Bonchev–Trinajstić information content (AvgIpc) is 2.47. The van der Waals surface area contributed by atoms with E-state index in [4.69, 9.17) is 11.0 Å². The molecule has 2 unspecified atom stereocenters. The zero-order valence-electron chi connectivity index (χ0n) is 11.8. The van der Waals surface area contributed by atoms with Crippen LogP contribution >= 0.6 is 0 Å². The minimum absolute atomic E-state index is 0.0927. The number of sulfonamides is 1. The molecule has 0 saturated carbocycles. The summed E-state index contributed by atoms with van der Waals surface area (Å²) in [5.74, 6) is -0.728. The van der Waals surface area contributed by atoms with Crippen LogP contribution < -0.4 is 5.73 Å². The summed E-state index contributed by atoms with van der Waals surface area (Å²) in [6.07, 6.45) is 1.58. The number of hydrogen-bond acceptors (Lipinski definition) is 4. The van der Waals surface area contributed by atoms with E-state index < -0.39 is 21.4 Å². The molecule has 114 valence electrons. The van der Waals surface area contributed by atoms with Crippen molar-refractivity contribution in [2.24, 2.45) is 11.7 Å². The van der Waals surface area contributed by atoms with Crippen molar-refractivity contribution in [2.45, 2.75) is 30.7 Å². The minimum atomic E-state index is -3.90. The molecule has 5 nitrogen and oxygen atoms in total. The first kappa shape index (κ1) is 15.9. The molecule has 2 N–H and O–H groups in total. The maximum Gasteiger partial charge on any atom is 0.244 e. The Balaban J connectivity index is 2.47. The zero-order valence-corrected chi connectivity index (χ0v) is 12.6. The number of nitriles is 1. The normalized spacial score (nSPS) is 23.7. The Labute approximate surface area is 124 Å². The molecule has 2 rings (SSSR count). The van der Waals surface area contributed by atoms with Crippen LogP contribution in [0.1, 0.15) is 25.3 Å². The van der Waals surface area contributed by atoms with Gasteiger partial charge in [-0.15, -0.1) is 0 Å². The van der Waals surface area contributed by atoms with Gasteiger partial charge in [0.25, 0.3) is 0 Å². The van der Waals surface area contributed by atoms with Gasteiger partial charge in [0, 0.05) is 12.6 Å². The molecule has 0 aliphatic carbocycles. The summed E-state index contributed by atoms with van der Waals surface area (Å²) < 4.78 is 40.5. The molecular weight excluding hydrogens is 293 g/mol. The molecule has 1 aliphatic heterocycles. The summed E-state index contributed by atoms with van der Waals surface area (Å²) in [6.45, 7) is 2.53. The van der Waals surface area contributed by atoms with Gasteiger partial charge >= 0.3 is 0 Å². The Morgan fingerprint density at radius 2 is 2.19 bits per heavy atom. The van der Waals surface area contributed by atoms with Crippen molar-refractivity contribution in [1.82, 2.24) is 4.31 Å². The lowest BCUT2D eigenvalue weighted by molar-refractivity contribution is 0.211. The minimum Gasteiger partial charge on any atom is -0.330 e. The largest absolute Gasteiger partial charge is 0.330 e. The van der Waals surface area contributed by atoms with E-state index in [2.05, 4.69) is 0 Å². The van der Waals surface area contributed by atoms with Gasteiger partial charge in [0.15, 0.2) is 0 Å². The maximum atomic E-state index is 13.7. The number of rotatable bonds is 3. The van der Waals surface area contributed by atoms with Gasteiger partial charge in [0.1, 0.15) is 22.3 Å². The van der Waals surface area contributed by atoms with Gasteiger partial charge in [-0.3, -0.25) is 0 Å². The fraction of sp³-hybridized carbons (Fsp3) is 0.500. The quantitative estimate of drug-likeness (QED) is 0.915. The third kappa shape index (κ3) is 2.93. The zero-order chi connectivity index (χ0) is 15.6. The summed E-state index contributed by atoms with van der Waals surface area (Å²) in [5, 5.41) is 9.03. The van der Waals surface area contributed by atoms with Crippen molar-refractivity contribution in [3.63, 3.8) is 0 Å². The molecule has 1 aliphatic rings. The van der Waals surface area contributed by atoms with Crippen molar-refractivity contribution in [3.05, 3.63) is 29.6 Å². The molecular formula is C14H18FN3O2S. The number of nitrogens with zero attached hydrogens (tertiary/aromatic N) is 2. The molecule has 0 amide bonds. The molecule has 1 aromatic rings. The molecule has 0 radical (unpaired) electrons. The summed E-state index contributed by atoms with van der Waals surface area (Å²) >= 11 is 0. The van der Waals surface area contributed by atoms with Crippen molar-refractivity contribution in [2.75, 3.05) is 13.1 Å². The van der Waals surface area contributed by atoms with E-state index in [0.717, 1.165) is 12.5 Å². The van der Waals surface area contributed by atoms with Crippen LogP contribution in [0.3, 0.4) is 0 Å². The van der Waals surface area contributed by atoms with E-state index in [1.807, 2.05) is 6.92 Å². The number of halogens is 1. The fourth-order valence-electron chi connectivity index (χ4n) is 2.63. The molecule has 2 atom stereocenters.